The van der Waals surface area contributed by atoms with Gasteiger partial charge < -0.3 is 0 Å². The summed E-state index contributed by atoms with van der Waals surface area (Å²) >= 11 is 0.308. The zero-order valence-electron chi connectivity index (χ0n) is 14.8. The summed E-state index contributed by atoms with van der Waals surface area (Å²) in [5.41, 5.74) is 5.70. The summed E-state index contributed by atoms with van der Waals surface area (Å²) in [6, 6.07) is 28.0. The Morgan fingerprint density at radius 2 is 1.54 bits per heavy atom. The van der Waals surface area contributed by atoms with Crippen LogP contribution in [0.15, 0.2) is 83.3 Å². The van der Waals surface area contributed by atoms with Crippen molar-refractivity contribution in [2.75, 3.05) is 0 Å². The van der Waals surface area contributed by atoms with Gasteiger partial charge in [-0.2, -0.15) is 0 Å². The van der Waals surface area contributed by atoms with Gasteiger partial charge in [-0.25, -0.2) is 0 Å². The van der Waals surface area contributed by atoms with Crippen molar-refractivity contribution >= 4 is 68.9 Å². The quantitative estimate of drug-likeness (QED) is 0.349. The molecule has 3 heterocycles. The molecule has 0 amide bonds. The number of ether oxygens (including phenoxy) is 1. The molecule has 0 atom stereocenters. The summed E-state index contributed by atoms with van der Waals surface area (Å²) in [6.45, 7) is 0.208. The molecule has 0 spiro atoms. The van der Waals surface area contributed by atoms with Crippen molar-refractivity contribution in [1.29, 1.82) is 0 Å². The molecule has 0 saturated carbocycles. The maximum atomic E-state index is 6.50. The van der Waals surface area contributed by atoms with E-state index in [-0.39, 0.29) is 6.71 Å². The van der Waals surface area contributed by atoms with Gasteiger partial charge >= 0.3 is 168 Å². The van der Waals surface area contributed by atoms with Gasteiger partial charge in [-0.05, 0) is 0 Å². The van der Waals surface area contributed by atoms with Crippen LogP contribution in [-0.2, 0) is 0 Å². The van der Waals surface area contributed by atoms with Crippen LogP contribution >= 0.6 is 0 Å². The summed E-state index contributed by atoms with van der Waals surface area (Å²) in [7, 11) is 0. The first-order chi connectivity index (χ1) is 13.9. The minimum absolute atomic E-state index is 0.208. The number of rotatable bonds is 0. The maximum absolute atomic E-state index is 6.50. The van der Waals surface area contributed by atoms with E-state index in [1.165, 1.54) is 25.3 Å². The van der Waals surface area contributed by atoms with Crippen molar-refractivity contribution in [1.82, 2.24) is 0 Å². The average Bonchev–Trinajstić information content (AvgIpc) is 3.13. The van der Waals surface area contributed by atoms with Gasteiger partial charge in [0.15, 0.2) is 0 Å². The molecule has 28 heavy (non-hydrogen) atoms. The Hall–Kier alpha value is -2.94. The summed E-state index contributed by atoms with van der Waals surface area (Å²) < 4.78 is 15.7. The number of furan rings is 1. The Morgan fingerprint density at radius 1 is 0.679 bits per heavy atom. The monoisotopic (exact) mass is 424 g/mol. The van der Waals surface area contributed by atoms with Crippen molar-refractivity contribution in [3.63, 3.8) is 0 Å². The van der Waals surface area contributed by atoms with E-state index >= 15 is 0 Å². The van der Waals surface area contributed by atoms with Gasteiger partial charge in [-0.1, -0.05) is 0 Å². The predicted molar refractivity (Wildman–Crippen MR) is 116 cm³/mol. The van der Waals surface area contributed by atoms with Crippen LogP contribution in [0.2, 0.25) is 0 Å². The molecular formula is C24H13BO2Se. The van der Waals surface area contributed by atoms with Gasteiger partial charge in [0, 0.05) is 0 Å². The number of hydrogen-bond donors (Lipinski definition) is 0. The molecule has 2 aliphatic rings. The molecule has 0 fully saturated rings. The van der Waals surface area contributed by atoms with Crippen LogP contribution in [0, 0.1) is 0 Å². The first-order valence-electron chi connectivity index (χ1n) is 9.40. The number of fused-ring (bicyclic) bond motifs is 8. The van der Waals surface area contributed by atoms with E-state index in [0.29, 0.717) is 15.0 Å². The number of para-hydroxylation sites is 1. The average molecular weight is 423 g/mol. The van der Waals surface area contributed by atoms with E-state index in [1.54, 1.807) is 0 Å². The van der Waals surface area contributed by atoms with Gasteiger partial charge in [0.2, 0.25) is 0 Å². The topological polar surface area (TPSA) is 22.4 Å². The second-order valence-corrected chi connectivity index (χ2v) is 9.58. The fraction of sp³-hybridized carbons (Fsp3) is 0. The Bertz CT molecular complexity index is 1440. The van der Waals surface area contributed by atoms with E-state index < -0.39 is 0 Å². The molecule has 4 aromatic carbocycles. The van der Waals surface area contributed by atoms with Crippen molar-refractivity contribution < 1.29 is 9.15 Å². The molecule has 5 aromatic rings. The normalized spacial score (nSPS) is 13.8. The third-order valence-corrected chi connectivity index (χ3v) is 8.27. The summed E-state index contributed by atoms with van der Waals surface area (Å²) in [4.78, 5) is 0. The molecular weight excluding hydrogens is 410 g/mol. The molecule has 0 bridgehead atoms. The Labute approximate surface area is 168 Å². The SMILES string of the molecule is c1ccc2c(c1)[Se]c1cccc3c1B2c1ccc2c(oc4ccccc42)c1O3. The second-order valence-electron chi connectivity index (χ2n) is 7.30. The molecule has 130 valence electrons. The molecule has 2 nitrogen and oxygen atoms in total. The van der Waals surface area contributed by atoms with E-state index in [0.717, 1.165) is 33.4 Å². The van der Waals surface area contributed by atoms with Crippen LogP contribution in [0.4, 0.5) is 0 Å². The minimum atomic E-state index is 0.208. The molecule has 1 aromatic heterocycles. The van der Waals surface area contributed by atoms with Crippen molar-refractivity contribution in [3.05, 3.63) is 78.9 Å². The molecule has 4 heteroatoms. The molecule has 2 aliphatic heterocycles. The summed E-state index contributed by atoms with van der Waals surface area (Å²) in [6.07, 6.45) is 0. The van der Waals surface area contributed by atoms with Gasteiger partial charge in [-0.3, -0.25) is 0 Å². The number of benzene rings is 4. The zero-order valence-corrected chi connectivity index (χ0v) is 16.5. The van der Waals surface area contributed by atoms with Crippen LogP contribution in [-0.4, -0.2) is 21.7 Å². The van der Waals surface area contributed by atoms with E-state index in [2.05, 4.69) is 66.7 Å². The molecule has 0 unspecified atom stereocenters. The van der Waals surface area contributed by atoms with Crippen LogP contribution in [0.3, 0.4) is 0 Å². The zero-order chi connectivity index (χ0) is 18.2. The van der Waals surface area contributed by atoms with Crippen LogP contribution in [0.1, 0.15) is 0 Å². The van der Waals surface area contributed by atoms with E-state index in [9.17, 15) is 0 Å². The Morgan fingerprint density at radius 3 is 2.54 bits per heavy atom. The Kier molecular flexibility index (Phi) is 2.86. The third kappa shape index (κ3) is 1.84. The first kappa shape index (κ1) is 15.0. The summed E-state index contributed by atoms with van der Waals surface area (Å²) in [5, 5.41) is 2.25. The molecule has 0 saturated heterocycles. The van der Waals surface area contributed by atoms with Gasteiger partial charge in [-0.15, -0.1) is 0 Å². The summed E-state index contributed by atoms with van der Waals surface area (Å²) in [5.74, 6) is 1.84. The first-order valence-corrected chi connectivity index (χ1v) is 11.1. The fourth-order valence-corrected chi connectivity index (χ4v) is 7.06. The molecule has 0 aliphatic carbocycles. The van der Waals surface area contributed by atoms with Crippen molar-refractivity contribution in [2.24, 2.45) is 0 Å². The van der Waals surface area contributed by atoms with Gasteiger partial charge in [0.05, 0.1) is 0 Å². The van der Waals surface area contributed by atoms with Gasteiger partial charge in [0.1, 0.15) is 0 Å². The van der Waals surface area contributed by atoms with Gasteiger partial charge in [0.25, 0.3) is 0 Å². The van der Waals surface area contributed by atoms with Crippen molar-refractivity contribution in [2.45, 2.75) is 0 Å². The standard InChI is InChI=1S/C24H13BO2Se/c1-3-8-18-14(6-1)15-12-13-17-24(23(15)26-18)27-19-9-5-11-21-22(19)25(17)16-7-2-4-10-20(16)28-21/h1-13H. The van der Waals surface area contributed by atoms with Crippen LogP contribution < -0.4 is 30.0 Å². The fourth-order valence-electron chi connectivity index (χ4n) is 4.62. The molecule has 0 N–H and O–H groups in total. The van der Waals surface area contributed by atoms with Crippen LogP contribution in [0.5, 0.6) is 11.5 Å². The van der Waals surface area contributed by atoms with Crippen molar-refractivity contribution in [3.8, 4) is 11.5 Å². The Balaban J connectivity index is 1.60. The van der Waals surface area contributed by atoms with E-state index in [1.807, 2.05) is 12.1 Å². The predicted octanol–water partition coefficient (Wildman–Crippen LogP) is 2.18. The van der Waals surface area contributed by atoms with E-state index in [4.69, 9.17) is 9.15 Å². The third-order valence-electron chi connectivity index (χ3n) is 5.82. The molecule has 7 rings (SSSR count). The second kappa shape index (κ2) is 5.32. The molecule has 0 radical (unpaired) electrons. The number of hydrogen-bond acceptors (Lipinski definition) is 2. The van der Waals surface area contributed by atoms with Crippen LogP contribution in [0.25, 0.3) is 21.9 Å².